The summed E-state index contributed by atoms with van der Waals surface area (Å²) in [5.74, 6) is -1.62. The van der Waals surface area contributed by atoms with Gasteiger partial charge in [-0.3, -0.25) is 20.4 Å². The first-order chi connectivity index (χ1) is 11.5. The van der Waals surface area contributed by atoms with Crippen LogP contribution in [0.4, 0.5) is 4.39 Å². The summed E-state index contributed by atoms with van der Waals surface area (Å²) < 4.78 is 23.4. The summed E-state index contributed by atoms with van der Waals surface area (Å²) in [6.07, 6.45) is 0. The number of halogens is 2. The first kappa shape index (κ1) is 17.6. The molecule has 2 amide bonds. The maximum atomic E-state index is 13.3. The lowest BCUT2D eigenvalue weighted by molar-refractivity contribution is -0.123. The molecule has 0 saturated heterocycles. The molecule has 0 fully saturated rings. The van der Waals surface area contributed by atoms with E-state index in [1.807, 2.05) is 0 Å². The highest BCUT2D eigenvalue weighted by Crippen LogP contribution is 2.22. The quantitative estimate of drug-likeness (QED) is 0.810. The van der Waals surface area contributed by atoms with E-state index in [4.69, 9.17) is 21.1 Å². The summed E-state index contributed by atoms with van der Waals surface area (Å²) in [6.45, 7) is -0.464. The molecule has 0 aliphatic heterocycles. The molecule has 126 valence electrons. The molecule has 0 heterocycles. The standard InChI is InChI=1S/C16H14ClFN2O4/c1-23-13-7-6-10(17)8-11(13)16(22)20-19-15(21)9-24-14-5-3-2-4-12(14)18/h2-8H,9H2,1H3,(H,19,21)(H,20,22). The normalized spacial score (nSPS) is 9.96. The summed E-state index contributed by atoms with van der Waals surface area (Å²) in [5, 5.41) is 0.343. The van der Waals surface area contributed by atoms with Crippen molar-refractivity contribution in [2.24, 2.45) is 0 Å². The first-order valence-corrected chi connectivity index (χ1v) is 7.19. The average Bonchev–Trinajstić information content (AvgIpc) is 2.59. The number of hydrogen-bond acceptors (Lipinski definition) is 4. The van der Waals surface area contributed by atoms with Crippen LogP contribution in [0.2, 0.25) is 5.02 Å². The predicted molar refractivity (Wildman–Crippen MR) is 85.5 cm³/mol. The van der Waals surface area contributed by atoms with Crippen LogP contribution in [-0.2, 0) is 4.79 Å². The number of nitrogens with one attached hydrogen (secondary N) is 2. The SMILES string of the molecule is COc1ccc(Cl)cc1C(=O)NNC(=O)COc1ccccc1F. The van der Waals surface area contributed by atoms with E-state index in [0.29, 0.717) is 10.8 Å². The van der Waals surface area contributed by atoms with Gasteiger partial charge in [0.15, 0.2) is 18.2 Å². The number of para-hydroxylation sites is 1. The largest absolute Gasteiger partial charge is 0.496 e. The predicted octanol–water partition coefficient (Wildman–Crippen LogP) is 2.33. The van der Waals surface area contributed by atoms with Crippen molar-refractivity contribution in [3.05, 3.63) is 58.9 Å². The van der Waals surface area contributed by atoms with Crippen molar-refractivity contribution in [1.29, 1.82) is 0 Å². The lowest BCUT2D eigenvalue weighted by atomic mass is 10.2. The van der Waals surface area contributed by atoms with Crippen LogP contribution < -0.4 is 20.3 Å². The fraction of sp³-hybridized carbons (Fsp3) is 0.125. The summed E-state index contributed by atoms with van der Waals surface area (Å²) in [4.78, 5) is 23.7. The van der Waals surface area contributed by atoms with E-state index in [-0.39, 0.29) is 11.3 Å². The van der Waals surface area contributed by atoms with Gasteiger partial charge in [-0.2, -0.15) is 0 Å². The Bertz CT molecular complexity index is 755. The zero-order valence-corrected chi connectivity index (χ0v) is 13.4. The van der Waals surface area contributed by atoms with Crippen molar-refractivity contribution in [3.8, 4) is 11.5 Å². The van der Waals surface area contributed by atoms with Gasteiger partial charge in [0, 0.05) is 5.02 Å². The van der Waals surface area contributed by atoms with Gasteiger partial charge in [0.1, 0.15) is 5.75 Å². The highest BCUT2D eigenvalue weighted by Gasteiger charge is 2.14. The molecule has 0 aliphatic rings. The molecule has 24 heavy (non-hydrogen) atoms. The van der Waals surface area contributed by atoms with Gasteiger partial charge in [-0.15, -0.1) is 0 Å². The van der Waals surface area contributed by atoms with E-state index in [1.165, 1.54) is 37.4 Å². The molecule has 0 spiro atoms. The zero-order valence-electron chi connectivity index (χ0n) is 12.6. The van der Waals surface area contributed by atoms with Gasteiger partial charge in [0.05, 0.1) is 12.7 Å². The number of benzene rings is 2. The number of carbonyl (C=O) groups excluding carboxylic acids is 2. The van der Waals surface area contributed by atoms with Gasteiger partial charge in [-0.25, -0.2) is 4.39 Å². The molecule has 0 saturated carbocycles. The van der Waals surface area contributed by atoms with E-state index >= 15 is 0 Å². The fourth-order valence-electron chi connectivity index (χ4n) is 1.79. The number of methoxy groups -OCH3 is 1. The van der Waals surface area contributed by atoms with E-state index in [1.54, 1.807) is 12.1 Å². The van der Waals surface area contributed by atoms with Crippen LogP contribution in [0.1, 0.15) is 10.4 Å². The third-order valence-electron chi connectivity index (χ3n) is 2.92. The number of hydrogen-bond donors (Lipinski definition) is 2. The van der Waals surface area contributed by atoms with Crippen molar-refractivity contribution in [1.82, 2.24) is 10.9 Å². The Morgan fingerprint density at radius 1 is 1.12 bits per heavy atom. The smallest absolute Gasteiger partial charge is 0.276 e. The van der Waals surface area contributed by atoms with E-state index in [9.17, 15) is 14.0 Å². The van der Waals surface area contributed by atoms with Crippen LogP contribution in [0, 0.1) is 5.82 Å². The minimum absolute atomic E-state index is 0.0597. The number of rotatable bonds is 5. The molecule has 2 aromatic rings. The summed E-state index contributed by atoms with van der Waals surface area (Å²) in [5.41, 5.74) is 4.51. The third kappa shape index (κ3) is 4.60. The number of amides is 2. The second kappa shape index (κ2) is 8.16. The Morgan fingerprint density at radius 3 is 2.58 bits per heavy atom. The molecule has 0 atom stereocenters. The highest BCUT2D eigenvalue weighted by molar-refractivity contribution is 6.31. The Balaban J connectivity index is 1.89. The van der Waals surface area contributed by atoms with E-state index in [2.05, 4.69) is 10.9 Å². The maximum absolute atomic E-state index is 13.3. The van der Waals surface area contributed by atoms with Crippen LogP contribution >= 0.6 is 11.6 Å². The van der Waals surface area contributed by atoms with Gasteiger partial charge in [0.2, 0.25) is 0 Å². The molecule has 2 rings (SSSR count). The van der Waals surface area contributed by atoms with E-state index in [0.717, 1.165) is 0 Å². The van der Waals surface area contributed by atoms with Crippen molar-refractivity contribution in [2.45, 2.75) is 0 Å². The van der Waals surface area contributed by atoms with Crippen LogP contribution in [-0.4, -0.2) is 25.5 Å². The van der Waals surface area contributed by atoms with Gasteiger partial charge in [0.25, 0.3) is 11.8 Å². The van der Waals surface area contributed by atoms with Gasteiger partial charge >= 0.3 is 0 Å². The van der Waals surface area contributed by atoms with Gasteiger partial charge in [-0.05, 0) is 30.3 Å². The molecule has 0 aliphatic carbocycles. The Kier molecular flexibility index (Phi) is 5.97. The Labute approximate surface area is 142 Å². The maximum Gasteiger partial charge on any atom is 0.276 e. The van der Waals surface area contributed by atoms with Crippen LogP contribution in [0.15, 0.2) is 42.5 Å². The minimum Gasteiger partial charge on any atom is -0.496 e. The Hall–Kier alpha value is -2.80. The lowest BCUT2D eigenvalue weighted by Crippen LogP contribution is -2.44. The minimum atomic E-state index is -0.660. The average molecular weight is 353 g/mol. The van der Waals surface area contributed by atoms with Crippen molar-refractivity contribution in [2.75, 3.05) is 13.7 Å². The van der Waals surface area contributed by atoms with Crippen LogP contribution in [0.25, 0.3) is 0 Å². The number of carbonyl (C=O) groups is 2. The van der Waals surface area contributed by atoms with Crippen molar-refractivity contribution < 1.29 is 23.5 Å². The molecule has 0 unspecified atom stereocenters. The fourth-order valence-corrected chi connectivity index (χ4v) is 1.96. The molecular weight excluding hydrogens is 339 g/mol. The second-order valence-electron chi connectivity index (χ2n) is 4.57. The van der Waals surface area contributed by atoms with Gasteiger partial charge in [-0.1, -0.05) is 23.7 Å². The van der Waals surface area contributed by atoms with Crippen molar-refractivity contribution in [3.63, 3.8) is 0 Å². The van der Waals surface area contributed by atoms with Crippen molar-refractivity contribution >= 4 is 23.4 Å². The van der Waals surface area contributed by atoms with E-state index < -0.39 is 24.2 Å². The molecule has 2 N–H and O–H groups in total. The molecule has 2 aromatic carbocycles. The molecule has 0 radical (unpaired) electrons. The van der Waals surface area contributed by atoms with Gasteiger partial charge < -0.3 is 9.47 Å². The summed E-state index contributed by atoms with van der Waals surface area (Å²) in [7, 11) is 1.40. The molecule has 0 bridgehead atoms. The third-order valence-corrected chi connectivity index (χ3v) is 3.15. The molecule has 0 aromatic heterocycles. The monoisotopic (exact) mass is 352 g/mol. The summed E-state index contributed by atoms with van der Waals surface area (Å²) in [6, 6.07) is 10.2. The van der Waals surface area contributed by atoms with Crippen LogP contribution in [0.5, 0.6) is 11.5 Å². The van der Waals surface area contributed by atoms with Crippen LogP contribution in [0.3, 0.4) is 0 Å². The molecular formula is C16H14ClFN2O4. The zero-order chi connectivity index (χ0) is 17.5. The topological polar surface area (TPSA) is 76.7 Å². The lowest BCUT2D eigenvalue weighted by Gasteiger charge is -2.11. The first-order valence-electron chi connectivity index (χ1n) is 6.81. The molecule has 6 nitrogen and oxygen atoms in total. The second-order valence-corrected chi connectivity index (χ2v) is 5.00. The molecule has 8 heteroatoms. The number of ether oxygens (including phenoxy) is 2. The Morgan fingerprint density at radius 2 is 1.88 bits per heavy atom. The highest BCUT2D eigenvalue weighted by atomic mass is 35.5. The summed E-state index contributed by atoms with van der Waals surface area (Å²) >= 11 is 5.83. The number of hydrazine groups is 1.